The molecule has 0 aliphatic rings. The number of hydrogen-bond acceptors (Lipinski definition) is 3. The number of nitrogens with zero attached hydrogens (tertiary/aromatic N) is 1. The van der Waals surface area contributed by atoms with E-state index in [-0.39, 0.29) is 0 Å². The molecule has 0 spiro atoms. The molecule has 0 unspecified atom stereocenters. The number of ether oxygens (including phenoxy) is 1. The number of aliphatic imine (C=N–C) groups is 1. The molecule has 22 heavy (non-hydrogen) atoms. The Balaban J connectivity index is 1.96. The number of rotatable bonds is 6. The van der Waals surface area contributed by atoms with E-state index in [0.717, 1.165) is 34.1 Å². The second-order valence-electron chi connectivity index (χ2n) is 4.61. The third-order valence-electron chi connectivity index (χ3n) is 2.96. The highest BCUT2D eigenvalue weighted by Crippen LogP contribution is 2.21. The van der Waals surface area contributed by atoms with E-state index in [4.69, 9.17) is 4.74 Å². The first-order valence-corrected chi connectivity index (χ1v) is 8.71. The molecule has 0 saturated carbocycles. The zero-order chi connectivity index (χ0) is 15.8. The summed E-state index contributed by atoms with van der Waals surface area (Å²) in [5.41, 5.74) is 1.12. The monoisotopic (exact) mass is 381 g/mol. The van der Waals surface area contributed by atoms with Gasteiger partial charge in [-0.05, 0) is 52.7 Å². The molecule has 2 rings (SSSR count). The van der Waals surface area contributed by atoms with Crippen LogP contribution in [0.5, 0.6) is 5.75 Å². The fraction of sp³-hybridized carbons (Fsp3) is 0.312. The Morgan fingerprint density at radius 2 is 2.14 bits per heavy atom. The highest BCUT2D eigenvalue weighted by atomic mass is 79.9. The highest BCUT2D eigenvalue weighted by molar-refractivity contribution is 9.11. The van der Waals surface area contributed by atoms with E-state index in [1.54, 1.807) is 18.4 Å². The number of halogens is 1. The summed E-state index contributed by atoms with van der Waals surface area (Å²) in [6.45, 7) is 4.27. The molecule has 1 heterocycles. The topological polar surface area (TPSA) is 45.7 Å². The van der Waals surface area contributed by atoms with Crippen LogP contribution in [0.4, 0.5) is 0 Å². The van der Waals surface area contributed by atoms with Gasteiger partial charge >= 0.3 is 0 Å². The molecule has 6 heteroatoms. The Bertz CT molecular complexity index is 627. The Hall–Kier alpha value is -1.53. The second kappa shape index (κ2) is 8.80. The third-order valence-corrected chi connectivity index (χ3v) is 4.58. The Morgan fingerprint density at radius 3 is 2.82 bits per heavy atom. The van der Waals surface area contributed by atoms with Gasteiger partial charge in [0.2, 0.25) is 0 Å². The number of hydrogen-bond donors (Lipinski definition) is 2. The highest BCUT2D eigenvalue weighted by Gasteiger charge is 2.01. The van der Waals surface area contributed by atoms with Crippen molar-refractivity contribution < 1.29 is 4.74 Å². The minimum absolute atomic E-state index is 0.612. The third kappa shape index (κ3) is 5.35. The largest absolute Gasteiger partial charge is 0.497 e. The summed E-state index contributed by atoms with van der Waals surface area (Å²) in [4.78, 5) is 5.88. The zero-order valence-electron chi connectivity index (χ0n) is 12.7. The fourth-order valence-corrected chi connectivity index (χ4v) is 3.32. The summed E-state index contributed by atoms with van der Waals surface area (Å²) in [5.74, 6) is 1.67. The van der Waals surface area contributed by atoms with Crippen molar-refractivity contribution in [2.75, 3.05) is 13.7 Å². The molecule has 0 aliphatic heterocycles. The SMILES string of the molecule is CCNC(=NCc1cccc(OC)c1)NCc1ccc(Br)s1. The van der Waals surface area contributed by atoms with Gasteiger partial charge in [0.25, 0.3) is 0 Å². The average molecular weight is 382 g/mol. The standard InChI is InChI=1S/C16H20BrN3OS/c1-3-18-16(20-11-14-7-8-15(17)22-14)19-10-12-5-4-6-13(9-12)21-2/h4-9H,3,10-11H2,1-2H3,(H2,18,19,20). The molecule has 0 saturated heterocycles. The summed E-state index contributed by atoms with van der Waals surface area (Å²) < 4.78 is 6.38. The maximum Gasteiger partial charge on any atom is 0.191 e. The van der Waals surface area contributed by atoms with Crippen LogP contribution in [0.2, 0.25) is 0 Å². The van der Waals surface area contributed by atoms with Crippen molar-refractivity contribution in [1.82, 2.24) is 10.6 Å². The predicted octanol–water partition coefficient (Wildman–Crippen LogP) is 3.77. The van der Waals surface area contributed by atoms with Crippen LogP contribution in [0.1, 0.15) is 17.4 Å². The first-order chi connectivity index (χ1) is 10.7. The molecular formula is C16H20BrN3OS. The maximum absolute atomic E-state index is 5.23. The van der Waals surface area contributed by atoms with Crippen molar-refractivity contribution in [3.05, 3.63) is 50.6 Å². The van der Waals surface area contributed by atoms with Crippen molar-refractivity contribution in [1.29, 1.82) is 0 Å². The van der Waals surface area contributed by atoms with Gasteiger partial charge in [-0.3, -0.25) is 0 Å². The van der Waals surface area contributed by atoms with E-state index in [9.17, 15) is 0 Å². The smallest absolute Gasteiger partial charge is 0.191 e. The van der Waals surface area contributed by atoms with Crippen LogP contribution in [-0.4, -0.2) is 19.6 Å². The lowest BCUT2D eigenvalue weighted by Crippen LogP contribution is -2.36. The zero-order valence-corrected chi connectivity index (χ0v) is 15.1. The second-order valence-corrected chi connectivity index (χ2v) is 7.15. The first-order valence-electron chi connectivity index (χ1n) is 7.10. The minimum atomic E-state index is 0.612. The van der Waals surface area contributed by atoms with Gasteiger partial charge in [0.15, 0.2) is 5.96 Å². The van der Waals surface area contributed by atoms with Gasteiger partial charge < -0.3 is 15.4 Å². The molecule has 1 aromatic carbocycles. The van der Waals surface area contributed by atoms with E-state index in [0.29, 0.717) is 6.54 Å². The summed E-state index contributed by atoms with van der Waals surface area (Å²) >= 11 is 5.20. The van der Waals surface area contributed by atoms with Crippen molar-refractivity contribution in [3.8, 4) is 5.75 Å². The van der Waals surface area contributed by atoms with E-state index >= 15 is 0 Å². The number of benzene rings is 1. The number of guanidine groups is 1. The van der Waals surface area contributed by atoms with Crippen molar-refractivity contribution in [3.63, 3.8) is 0 Å². The Labute approximate surface area is 143 Å². The summed E-state index contributed by atoms with van der Waals surface area (Å²) in [5, 5.41) is 6.61. The van der Waals surface area contributed by atoms with Gasteiger partial charge in [0, 0.05) is 11.4 Å². The number of methoxy groups -OCH3 is 1. The van der Waals surface area contributed by atoms with Gasteiger partial charge in [-0.1, -0.05) is 12.1 Å². The molecule has 1 aromatic heterocycles. The normalized spacial score (nSPS) is 11.3. The van der Waals surface area contributed by atoms with Crippen LogP contribution in [0.3, 0.4) is 0 Å². The van der Waals surface area contributed by atoms with Crippen molar-refractivity contribution in [2.24, 2.45) is 4.99 Å². The molecule has 0 aliphatic carbocycles. The molecule has 0 radical (unpaired) electrons. The van der Waals surface area contributed by atoms with E-state index in [1.165, 1.54) is 4.88 Å². The van der Waals surface area contributed by atoms with Gasteiger partial charge in [-0.25, -0.2) is 4.99 Å². The van der Waals surface area contributed by atoms with Crippen LogP contribution in [-0.2, 0) is 13.1 Å². The van der Waals surface area contributed by atoms with E-state index < -0.39 is 0 Å². The predicted molar refractivity (Wildman–Crippen MR) is 96.7 cm³/mol. The van der Waals surface area contributed by atoms with Crippen molar-refractivity contribution in [2.45, 2.75) is 20.0 Å². The lowest BCUT2D eigenvalue weighted by molar-refractivity contribution is 0.414. The van der Waals surface area contributed by atoms with Crippen LogP contribution in [0.25, 0.3) is 0 Å². The molecule has 0 fully saturated rings. The van der Waals surface area contributed by atoms with E-state index in [2.05, 4.69) is 50.6 Å². The Morgan fingerprint density at radius 1 is 1.27 bits per heavy atom. The summed E-state index contributed by atoms with van der Waals surface area (Å²) in [6.07, 6.45) is 0. The first kappa shape index (κ1) is 16.8. The van der Waals surface area contributed by atoms with Crippen LogP contribution < -0.4 is 15.4 Å². The van der Waals surface area contributed by atoms with E-state index in [1.807, 2.05) is 24.3 Å². The fourth-order valence-electron chi connectivity index (χ4n) is 1.90. The average Bonchev–Trinajstić information content (AvgIpc) is 2.96. The van der Waals surface area contributed by atoms with Gasteiger partial charge in [-0.2, -0.15) is 0 Å². The molecule has 4 nitrogen and oxygen atoms in total. The molecular weight excluding hydrogens is 362 g/mol. The molecule has 2 aromatic rings. The summed E-state index contributed by atoms with van der Waals surface area (Å²) in [7, 11) is 1.67. The minimum Gasteiger partial charge on any atom is -0.497 e. The quantitative estimate of drug-likeness (QED) is 0.591. The summed E-state index contributed by atoms with van der Waals surface area (Å²) in [6, 6.07) is 12.1. The van der Waals surface area contributed by atoms with Crippen LogP contribution in [0, 0.1) is 0 Å². The van der Waals surface area contributed by atoms with Crippen LogP contribution in [0.15, 0.2) is 45.2 Å². The molecule has 0 bridgehead atoms. The maximum atomic E-state index is 5.23. The van der Waals surface area contributed by atoms with Gasteiger partial charge in [0.1, 0.15) is 5.75 Å². The van der Waals surface area contributed by atoms with Gasteiger partial charge in [0.05, 0.1) is 24.0 Å². The molecule has 0 atom stereocenters. The van der Waals surface area contributed by atoms with Crippen molar-refractivity contribution >= 4 is 33.2 Å². The molecule has 2 N–H and O–H groups in total. The van der Waals surface area contributed by atoms with Gasteiger partial charge in [-0.15, -0.1) is 11.3 Å². The Kier molecular flexibility index (Phi) is 6.74. The lowest BCUT2D eigenvalue weighted by atomic mass is 10.2. The lowest BCUT2D eigenvalue weighted by Gasteiger charge is -2.10. The molecule has 0 amide bonds. The number of thiophene rings is 1. The van der Waals surface area contributed by atoms with Crippen LogP contribution >= 0.6 is 27.3 Å². The molecule has 118 valence electrons. The number of nitrogens with one attached hydrogen (secondary N) is 2.